The zero-order chi connectivity index (χ0) is 15.6. The molecule has 0 radical (unpaired) electrons. The molecule has 0 atom stereocenters. The number of unbranched alkanes of at least 4 members (excludes halogenated alkanes) is 3. The van der Waals surface area contributed by atoms with Gasteiger partial charge < -0.3 is 0 Å². The Morgan fingerprint density at radius 2 is 1.33 bits per heavy atom. The molecule has 118 valence electrons. The molecule has 0 aliphatic rings. The summed E-state index contributed by atoms with van der Waals surface area (Å²) in [6, 6.07) is 9.18. The van der Waals surface area contributed by atoms with Crippen molar-refractivity contribution in [3.63, 3.8) is 0 Å². The first-order valence-corrected chi connectivity index (χ1v) is 16.4. The summed E-state index contributed by atoms with van der Waals surface area (Å²) in [6.45, 7) is 11.1. The van der Waals surface area contributed by atoms with E-state index in [0.717, 1.165) is 0 Å². The fourth-order valence-corrected chi connectivity index (χ4v) is 20.3. The topological polar surface area (TPSA) is 0 Å². The zero-order valence-electron chi connectivity index (χ0n) is 14.5. The zero-order valence-corrected chi connectivity index (χ0v) is 17.3. The molecule has 1 heteroatoms. The van der Waals surface area contributed by atoms with E-state index in [1.165, 1.54) is 57.4 Å². The quantitative estimate of drug-likeness (QED) is 0.383. The Balaban J connectivity index is 3.19. The van der Waals surface area contributed by atoms with Crippen LogP contribution in [0.25, 0.3) is 6.08 Å². The van der Waals surface area contributed by atoms with E-state index in [-0.39, 0.29) is 0 Å². The van der Waals surface area contributed by atoms with E-state index in [2.05, 4.69) is 57.7 Å². The Morgan fingerprint density at radius 1 is 0.857 bits per heavy atom. The van der Waals surface area contributed by atoms with Gasteiger partial charge in [0, 0.05) is 0 Å². The van der Waals surface area contributed by atoms with Gasteiger partial charge in [0.25, 0.3) is 0 Å². The fourth-order valence-electron chi connectivity index (χ4n) is 3.48. The van der Waals surface area contributed by atoms with Gasteiger partial charge in [-0.05, 0) is 0 Å². The van der Waals surface area contributed by atoms with E-state index < -0.39 is 18.4 Å². The van der Waals surface area contributed by atoms with Gasteiger partial charge in [0.1, 0.15) is 0 Å². The van der Waals surface area contributed by atoms with Crippen molar-refractivity contribution in [1.29, 1.82) is 0 Å². The molecular formula is C20H34Sn. The van der Waals surface area contributed by atoms with E-state index >= 15 is 0 Å². The SMILES string of the molecule is C=Cc1cccc[c]1[Sn]([CH2]CCC)([CH2]CCC)[CH2]CCC. The average molecular weight is 393 g/mol. The molecule has 1 rings (SSSR count). The third kappa shape index (κ3) is 5.47. The van der Waals surface area contributed by atoms with Crippen molar-refractivity contribution in [2.45, 2.75) is 72.6 Å². The van der Waals surface area contributed by atoms with E-state index in [1.54, 1.807) is 3.58 Å². The Labute approximate surface area is 136 Å². The summed E-state index contributed by atoms with van der Waals surface area (Å²) in [4.78, 5) is 0. The molecule has 0 aliphatic heterocycles. The van der Waals surface area contributed by atoms with Gasteiger partial charge in [0.05, 0.1) is 0 Å². The van der Waals surface area contributed by atoms with Crippen LogP contribution in [0.1, 0.15) is 64.9 Å². The molecule has 0 bridgehead atoms. The van der Waals surface area contributed by atoms with Crippen LogP contribution in [-0.2, 0) is 0 Å². The summed E-state index contributed by atoms with van der Waals surface area (Å²) in [5.74, 6) is 0. The van der Waals surface area contributed by atoms with Crippen LogP contribution < -0.4 is 3.58 Å². The van der Waals surface area contributed by atoms with Crippen molar-refractivity contribution < 1.29 is 0 Å². The van der Waals surface area contributed by atoms with Gasteiger partial charge in [-0.25, -0.2) is 0 Å². The number of hydrogen-bond donors (Lipinski definition) is 0. The standard InChI is InChI=1S/C8H7.3C4H9.Sn/c1-2-8-6-4-3-5-7-8;3*1-3-4-2;/h2-6H,1H2;3*1,3-4H2,2H3;. The molecular weight excluding hydrogens is 359 g/mol. The van der Waals surface area contributed by atoms with Gasteiger partial charge in [-0.2, -0.15) is 0 Å². The molecule has 0 aliphatic carbocycles. The van der Waals surface area contributed by atoms with Gasteiger partial charge in [-0.15, -0.1) is 0 Å². The minimum absolute atomic E-state index is 1.34. The molecule has 0 saturated carbocycles. The van der Waals surface area contributed by atoms with Gasteiger partial charge in [-0.1, -0.05) is 0 Å². The normalized spacial score (nSPS) is 11.6. The molecule has 21 heavy (non-hydrogen) atoms. The predicted molar refractivity (Wildman–Crippen MR) is 101 cm³/mol. The molecule has 0 nitrogen and oxygen atoms in total. The van der Waals surface area contributed by atoms with Crippen LogP contribution in [0.15, 0.2) is 30.8 Å². The van der Waals surface area contributed by atoms with Crippen molar-refractivity contribution in [2.24, 2.45) is 0 Å². The number of benzene rings is 1. The number of hydrogen-bond acceptors (Lipinski definition) is 0. The van der Waals surface area contributed by atoms with Crippen LogP contribution in [0.5, 0.6) is 0 Å². The summed E-state index contributed by atoms with van der Waals surface area (Å²) in [5, 5.41) is 0. The van der Waals surface area contributed by atoms with Crippen molar-refractivity contribution in [3.05, 3.63) is 36.4 Å². The van der Waals surface area contributed by atoms with Gasteiger partial charge in [0.2, 0.25) is 0 Å². The van der Waals surface area contributed by atoms with Crippen molar-refractivity contribution in [2.75, 3.05) is 0 Å². The summed E-state index contributed by atoms with van der Waals surface area (Å²) < 4.78 is 6.37. The van der Waals surface area contributed by atoms with Crippen molar-refractivity contribution in [3.8, 4) is 0 Å². The Kier molecular flexibility index (Phi) is 9.38. The third-order valence-electron chi connectivity index (χ3n) is 4.78. The fraction of sp³-hybridized carbons (Fsp3) is 0.600. The molecule has 0 spiro atoms. The molecule has 0 amide bonds. The van der Waals surface area contributed by atoms with Crippen molar-refractivity contribution >= 4 is 28.0 Å². The van der Waals surface area contributed by atoms with Crippen LogP contribution >= 0.6 is 0 Å². The number of rotatable bonds is 11. The maximum atomic E-state index is 4.08. The minimum atomic E-state index is -2.26. The second-order valence-electron chi connectivity index (χ2n) is 6.38. The van der Waals surface area contributed by atoms with Crippen molar-refractivity contribution in [1.82, 2.24) is 0 Å². The molecule has 0 N–H and O–H groups in total. The van der Waals surface area contributed by atoms with Crippen LogP contribution in [0.4, 0.5) is 0 Å². The van der Waals surface area contributed by atoms with Crippen LogP contribution in [0.3, 0.4) is 0 Å². The van der Waals surface area contributed by atoms with E-state index in [9.17, 15) is 0 Å². The van der Waals surface area contributed by atoms with Crippen LogP contribution in [0, 0.1) is 0 Å². The first-order chi connectivity index (χ1) is 10.2. The maximum absolute atomic E-state index is 4.08. The third-order valence-corrected chi connectivity index (χ3v) is 20.6. The summed E-state index contributed by atoms with van der Waals surface area (Å²) >= 11 is -2.26. The summed E-state index contributed by atoms with van der Waals surface area (Å²) in [6.07, 6.45) is 10.4. The molecule has 0 saturated heterocycles. The molecule has 0 unspecified atom stereocenters. The van der Waals surface area contributed by atoms with E-state index in [0.29, 0.717) is 0 Å². The molecule has 0 fully saturated rings. The second-order valence-corrected chi connectivity index (χ2v) is 19.5. The Morgan fingerprint density at radius 3 is 1.76 bits per heavy atom. The first-order valence-electron chi connectivity index (χ1n) is 8.96. The molecule has 0 heterocycles. The van der Waals surface area contributed by atoms with Crippen LogP contribution in [-0.4, -0.2) is 18.4 Å². The summed E-state index contributed by atoms with van der Waals surface area (Å²) in [7, 11) is 0. The van der Waals surface area contributed by atoms with E-state index in [1.807, 2.05) is 0 Å². The average Bonchev–Trinajstić information content (AvgIpc) is 2.54. The Hall–Kier alpha value is -0.241. The van der Waals surface area contributed by atoms with Gasteiger partial charge >= 0.3 is 137 Å². The van der Waals surface area contributed by atoms with Gasteiger partial charge in [-0.3, -0.25) is 0 Å². The second kappa shape index (κ2) is 10.5. The van der Waals surface area contributed by atoms with Crippen LogP contribution in [0.2, 0.25) is 13.3 Å². The van der Waals surface area contributed by atoms with Gasteiger partial charge in [0.15, 0.2) is 0 Å². The predicted octanol–water partition coefficient (Wildman–Crippen LogP) is 6.39. The molecule has 0 aromatic heterocycles. The Bertz CT molecular complexity index is 386. The first kappa shape index (κ1) is 18.8. The van der Waals surface area contributed by atoms with E-state index in [4.69, 9.17) is 0 Å². The monoisotopic (exact) mass is 394 g/mol. The molecule has 1 aromatic rings. The molecule has 1 aromatic carbocycles. The summed E-state index contributed by atoms with van der Waals surface area (Å²) in [5.41, 5.74) is 1.44.